The number of carbonyl (C=O) groups excluding carboxylic acids is 1. The first kappa shape index (κ1) is 18.5. The number of carbonyl (C=O) groups is 1. The zero-order chi connectivity index (χ0) is 16.4. The van der Waals surface area contributed by atoms with Crippen molar-refractivity contribution in [2.45, 2.75) is 51.0 Å². The number of benzene rings is 1. The smallest absolute Gasteiger partial charge is 0.262 e. The lowest BCUT2D eigenvalue weighted by Crippen LogP contribution is -2.45. The maximum Gasteiger partial charge on any atom is 0.262 e. The van der Waals surface area contributed by atoms with Gasteiger partial charge in [0.25, 0.3) is 15.0 Å². The van der Waals surface area contributed by atoms with Crippen LogP contribution in [0.2, 0.25) is 0 Å². The zero-order valence-corrected chi connectivity index (χ0v) is 15.6. The quantitative estimate of drug-likeness (QED) is 0.765. The maximum atomic E-state index is 12.4. The molecular formula is C14H19BrClNO3S. The number of hydrogen-bond acceptors (Lipinski definition) is 3. The Morgan fingerprint density at radius 1 is 1.33 bits per heavy atom. The van der Waals surface area contributed by atoms with Gasteiger partial charge >= 0.3 is 0 Å². The van der Waals surface area contributed by atoms with Crippen LogP contribution in [0.5, 0.6) is 0 Å². The average Bonchev–Trinajstić information content (AvgIpc) is 2.40. The predicted octanol–water partition coefficient (Wildman–Crippen LogP) is 3.99. The summed E-state index contributed by atoms with van der Waals surface area (Å²) in [6, 6.07) is 2.93. The van der Waals surface area contributed by atoms with Crippen LogP contribution in [0.4, 0.5) is 0 Å². The van der Waals surface area contributed by atoms with Crippen LogP contribution in [0, 0.1) is 6.92 Å². The van der Waals surface area contributed by atoms with Crippen LogP contribution in [-0.2, 0) is 9.05 Å². The third-order valence-electron chi connectivity index (χ3n) is 3.72. The fraction of sp³-hybridized carbons (Fsp3) is 0.500. The van der Waals surface area contributed by atoms with Gasteiger partial charge in [0.1, 0.15) is 0 Å². The van der Waals surface area contributed by atoms with E-state index in [1.54, 1.807) is 13.0 Å². The van der Waals surface area contributed by atoms with E-state index in [4.69, 9.17) is 10.7 Å². The summed E-state index contributed by atoms with van der Waals surface area (Å²) in [5.74, 6) is -0.307. The molecule has 0 bridgehead atoms. The molecule has 0 saturated heterocycles. The summed E-state index contributed by atoms with van der Waals surface area (Å²) >= 11 is 3.19. The molecule has 0 aliphatic carbocycles. The lowest BCUT2D eigenvalue weighted by molar-refractivity contribution is 0.0900. The minimum absolute atomic E-state index is 0.0935. The van der Waals surface area contributed by atoms with Crippen molar-refractivity contribution in [3.8, 4) is 0 Å². The van der Waals surface area contributed by atoms with E-state index in [0.29, 0.717) is 10.0 Å². The summed E-state index contributed by atoms with van der Waals surface area (Å²) in [5, 5.41) is 2.94. The molecule has 0 saturated carbocycles. The Hall–Kier alpha value is -0.590. The summed E-state index contributed by atoms with van der Waals surface area (Å²) in [7, 11) is 1.49. The van der Waals surface area contributed by atoms with Crippen molar-refractivity contribution >= 4 is 41.6 Å². The first-order chi connectivity index (χ1) is 9.54. The van der Waals surface area contributed by atoms with Gasteiger partial charge in [-0.1, -0.05) is 13.8 Å². The molecule has 118 valence electrons. The van der Waals surface area contributed by atoms with E-state index in [0.717, 1.165) is 12.8 Å². The van der Waals surface area contributed by atoms with Crippen LogP contribution in [0.15, 0.2) is 21.5 Å². The Kier molecular flexibility index (Phi) is 5.86. The zero-order valence-electron chi connectivity index (χ0n) is 12.5. The van der Waals surface area contributed by atoms with Crippen molar-refractivity contribution in [1.29, 1.82) is 0 Å². The molecule has 0 fully saturated rings. The summed E-state index contributed by atoms with van der Waals surface area (Å²) in [6.45, 7) is 7.65. The summed E-state index contributed by atoms with van der Waals surface area (Å²) in [6.07, 6.45) is 1.57. The second-order valence-electron chi connectivity index (χ2n) is 5.27. The molecule has 7 heteroatoms. The number of halogens is 2. The molecule has 1 N–H and O–H groups in total. The van der Waals surface area contributed by atoms with Gasteiger partial charge in [0.15, 0.2) is 0 Å². The molecule has 1 aromatic carbocycles. The van der Waals surface area contributed by atoms with Crippen molar-refractivity contribution in [3.63, 3.8) is 0 Å². The summed E-state index contributed by atoms with van der Waals surface area (Å²) in [5.41, 5.74) is 0.595. The number of nitrogens with one attached hydrogen (secondary N) is 1. The second-order valence-corrected chi connectivity index (χ2v) is 8.59. The van der Waals surface area contributed by atoms with E-state index >= 15 is 0 Å². The highest BCUT2D eigenvalue weighted by molar-refractivity contribution is 9.10. The van der Waals surface area contributed by atoms with Gasteiger partial charge in [-0.05, 0) is 60.3 Å². The van der Waals surface area contributed by atoms with E-state index < -0.39 is 9.05 Å². The predicted molar refractivity (Wildman–Crippen MR) is 88.4 cm³/mol. The first-order valence-corrected chi connectivity index (χ1v) is 9.71. The molecule has 21 heavy (non-hydrogen) atoms. The lowest BCUT2D eigenvalue weighted by Gasteiger charge is -2.28. The molecule has 0 spiro atoms. The first-order valence-electron chi connectivity index (χ1n) is 6.61. The SMILES string of the molecule is CCC(C)(CC)NC(=O)c1cc(C)c(Br)c(S(=O)(=O)Cl)c1. The van der Waals surface area contributed by atoms with Crippen molar-refractivity contribution in [2.24, 2.45) is 0 Å². The highest BCUT2D eigenvalue weighted by Gasteiger charge is 2.25. The van der Waals surface area contributed by atoms with Crippen LogP contribution >= 0.6 is 26.6 Å². The Balaban J connectivity index is 3.27. The number of aryl methyl sites for hydroxylation is 1. The van der Waals surface area contributed by atoms with Gasteiger partial charge in [0, 0.05) is 26.3 Å². The van der Waals surface area contributed by atoms with Crippen LogP contribution in [0.3, 0.4) is 0 Å². The molecule has 1 amide bonds. The minimum atomic E-state index is -3.92. The molecule has 0 heterocycles. The van der Waals surface area contributed by atoms with Crippen molar-refractivity contribution < 1.29 is 13.2 Å². The van der Waals surface area contributed by atoms with Crippen molar-refractivity contribution in [2.75, 3.05) is 0 Å². The third kappa shape index (κ3) is 4.44. The molecule has 0 aliphatic rings. The van der Waals surface area contributed by atoms with Crippen LogP contribution in [0.25, 0.3) is 0 Å². The van der Waals surface area contributed by atoms with Crippen LogP contribution in [0.1, 0.15) is 49.5 Å². The lowest BCUT2D eigenvalue weighted by atomic mass is 9.95. The fourth-order valence-corrected chi connectivity index (χ4v) is 3.97. The largest absolute Gasteiger partial charge is 0.347 e. The summed E-state index contributed by atoms with van der Waals surface area (Å²) < 4.78 is 23.5. The number of hydrogen-bond donors (Lipinski definition) is 1. The average molecular weight is 397 g/mol. The highest BCUT2D eigenvalue weighted by Crippen LogP contribution is 2.30. The standard InChI is InChI=1S/C14H19BrClNO3S/c1-5-14(4,6-2)17-13(18)10-7-9(3)12(15)11(8-10)21(16,19)20/h7-8H,5-6H2,1-4H3,(H,17,18). The third-order valence-corrected chi connectivity index (χ3v) is 6.38. The van der Waals surface area contributed by atoms with Gasteiger partial charge in [-0.2, -0.15) is 0 Å². The molecule has 0 unspecified atom stereocenters. The van der Waals surface area contributed by atoms with Gasteiger partial charge in [-0.25, -0.2) is 8.42 Å². The number of rotatable bonds is 5. The Morgan fingerprint density at radius 3 is 2.29 bits per heavy atom. The monoisotopic (exact) mass is 395 g/mol. The van der Waals surface area contributed by atoms with Gasteiger partial charge in [0.2, 0.25) is 0 Å². The fourth-order valence-electron chi connectivity index (χ4n) is 1.82. The molecule has 0 atom stereocenters. The molecule has 0 aromatic heterocycles. The van der Waals surface area contributed by atoms with Gasteiger partial charge in [0.05, 0.1) is 4.90 Å². The maximum absolute atomic E-state index is 12.4. The molecule has 4 nitrogen and oxygen atoms in total. The minimum Gasteiger partial charge on any atom is -0.347 e. The molecule has 1 aromatic rings. The van der Waals surface area contributed by atoms with Crippen molar-refractivity contribution in [3.05, 3.63) is 27.7 Å². The van der Waals surface area contributed by atoms with E-state index in [2.05, 4.69) is 21.2 Å². The van der Waals surface area contributed by atoms with Gasteiger partial charge < -0.3 is 5.32 Å². The van der Waals surface area contributed by atoms with E-state index in [1.807, 2.05) is 20.8 Å². The Labute approximate surface area is 138 Å². The van der Waals surface area contributed by atoms with E-state index in [1.165, 1.54) is 6.07 Å². The highest BCUT2D eigenvalue weighted by atomic mass is 79.9. The normalized spacial score (nSPS) is 12.3. The van der Waals surface area contributed by atoms with E-state index in [9.17, 15) is 13.2 Å². The Bertz CT molecular complexity index is 654. The topological polar surface area (TPSA) is 63.2 Å². The second kappa shape index (κ2) is 6.67. The molecule has 1 rings (SSSR count). The molecule has 0 aliphatic heterocycles. The van der Waals surface area contributed by atoms with Gasteiger partial charge in [-0.15, -0.1) is 0 Å². The Morgan fingerprint density at radius 2 is 1.86 bits per heavy atom. The van der Waals surface area contributed by atoms with Crippen LogP contribution in [-0.4, -0.2) is 19.9 Å². The molecular weight excluding hydrogens is 378 g/mol. The van der Waals surface area contributed by atoms with Crippen LogP contribution < -0.4 is 5.32 Å². The summed E-state index contributed by atoms with van der Waals surface area (Å²) in [4.78, 5) is 12.3. The number of amides is 1. The van der Waals surface area contributed by atoms with Gasteiger partial charge in [-0.3, -0.25) is 4.79 Å². The molecule has 0 radical (unpaired) electrons. The van der Waals surface area contributed by atoms with Crippen molar-refractivity contribution in [1.82, 2.24) is 5.32 Å². The van der Waals surface area contributed by atoms with E-state index in [-0.39, 0.29) is 21.9 Å².